The molecule has 2 aromatic rings. The summed E-state index contributed by atoms with van der Waals surface area (Å²) in [5, 5.41) is 0. The number of piperazine rings is 1. The number of para-hydroxylation sites is 1. The maximum Gasteiger partial charge on any atom is 0.264 e. The zero-order valence-corrected chi connectivity index (χ0v) is 16.2. The molecule has 1 amide bonds. The van der Waals surface area contributed by atoms with Crippen molar-refractivity contribution in [3.05, 3.63) is 59.7 Å². The molecule has 0 unspecified atom stereocenters. The van der Waals surface area contributed by atoms with Crippen LogP contribution in [-0.2, 0) is 16.4 Å². The number of rotatable bonds is 3. The van der Waals surface area contributed by atoms with Crippen LogP contribution in [0.25, 0.3) is 0 Å². The molecule has 1 saturated heterocycles. The van der Waals surface area contributed by atoms with Gasteiger partial charge in [0.15, 0.2) is 0 Å². The monoisotopic (exact) mass is 385 g/mol. The normalized spacial score (nSPS) is 17.8. The van der Waals surface area contributed by atoms with Crippen molar-refractivity contribution in [3.63, 3.8) is 0 Å². The second-order valence-electron chi connectivity index (χ2n) is 7.08. The van der Waals surface area contributed by atoms with Gasteiger partial charge < -0.3 is 9.80 Å². The standard InChI is InChI=1S/C20H23N3O3S/c1-21-11-13-22(14-12-21)20(24)17-6-4-7-18(15-17)27(25,26)23-10-9-16-5-2-3-8-19(16)23/h2-8,15H,9-14H2,1H3. The van der Waals surface area contributed by atoms with Gasteiger partial charge in [0.25, 0.3) is 15.9 Å². The van der Waals surface area contributed by atoms with Gasteiger partial charge in [0.2, 0.25) is 0 Å². The highest BCUT2D eigenvalue weighted by Crippen LogP contribution is 2.32. The molecule has 0 atom stereocenters. The Kier molecular flexibility index (Phi) is 4.65. The number of benzene rings is 2. The van der Waals surface area contributed by atoms with Gasteiger partial charge in [0, 0.05) is 38.3 Å². The van der Waals surface area contributed by atoms with Gasteiger partial charge in [-0.2, -0.15) is 0 Å². The minimum atomic E-state index is -3.69. The fourth-order valence-electron chi connectivity index (χ4n) is 3.67. The topological polar surface area (TPSA) is 60.9 Å². The zero-order chi connectivity index (χ0) is 19.0. The SMILES string of the molecule is CN1CCN(C(=O)c2cccc(S(=O)(=O)N3CCc4ccccc43)c2)CC1. The molecule has 0 radical (unpaired) electrons. The van der Waals surface area contributed by atoms with Crippen LogP contribution in [0.1, 0.15) is 15.9 Å². The van der Waals surface area contributed by atoms with Crippen LogP contribution >= 0.6 is 0 Å². The highest BCUT2D eigenvalue weighted by Gasteiger charge is 2.31. The fraction of sp³-hybridized carbons (Fsp3) is 0.350. The molecule has 0 bridgehead atoms. The predicted molar refractivity (Wildman–Crippen MR) is 105 cm³/mol. The molecule has 142 valence electrons. The van der Waals surface area contributed by atoms with Crippen LogP contribution in [0.3, 0.4) is 0 Å². The second kappa shape index (κ2) is 6.98. The van der Waals surface area contributed by atoms with Crippen molar-refractivity contribution in [2.45, 2.75) is 11.3 Å². The molecular formula is C20H23N3O3S. The van der Waals surface area contributed by atoms with Gasteiger partial charge in [0.05, 0.1) is 10.6 Å². The third kappa shape index (κ3) is 3.33. The minimum absolute atomic E-state index is 0.109. The average Bonchev–Trinajstić information content (AvgIpc) is 3.13. The number of sulfonamides is 1. The summed E-state index contributed by atoms with van der Waals surface area (Å²) < 4.78 is 27.8. The molecule has 2 aliphatic heterocycles. The van der Waals surface area contributed by atoms with Gasteiger partial charge >= 0.3 is 0 Å². The largest absolute Gasteiger partial charge is 0.336 e. The summed E-state index contributed by atoms with van der Waals surface area (Å²) in [7, 11) is -1.66. The smallest absolute Gasteiger partial charge is 0.264 e. The predicted octanol–water partition coefficient (Wildman–Crippen LogP) is 1.83. The lowest BCUT2D eigenvalue weighted by Crippen LogP contribution is -2.47. The van der Waals surface area contributed by atoms with Gasteiger partial charge in [-0.1, -0.05) is 24.3 Å². The van der Waals surface area contributed by atoms with Crippen molar-refractivity contribution < 1.29 is 13.2 Å². The van der Waals surface area contributed by atoms with Crippen LogP contribution in [-0.4, -0.2) is 63.9 Å². The number of hydrogen-bond acceptors (Lipinski definition) is 4. The van der Waals surface area contributed by atoms with E-state index < -0.39 is 10.0 Å². The second-order valence-corrected chi connectivity index (χ2v) is 8.94. The summed E-state index contributed by atoms with van der Waals surface area (Å²) in [5.41, 5.74) is 2.19. The molecule has 0 aliphatic carbocycles. The summed E-state index contributed by atoms with van der Waals surface area (Å²) in [6.07, 6.45) is 0.704. The Morgan fingerprint density at radius 2 is 1.67 bits per heavy atom. The summed E-state index contributed by atoms with van der Waals surface area (Å²) in [6, 6.07) is 14.0. The van der Waals surface area contributed by atoms with E-state index in [0.29, 0.717) is 31.6 Å². The van der Waals surface area contributed by atoms with E-state index in [2.05, 4.69) is 4.90 Å². The Balaban J connectivity index is 1.62. The molecule has 0 N–H and O–H groups in total. The Bertz CT molecular complexity index is 966. The molecule has 2 aliphatic rings. The summed E-state index contributed by atoms with van der Waals surface area (Å²) >= 11 is 0. The van der Waals surface area contributed by atoms with Crippen LogP contribution in [0.4, 0.5) is 5.69 Å². The first-order valence-electron chi connectivity index (χ1n) is 9.15. The summed E-state index contributed by atoms with van der Waals surface area (Å²) in [6.45, 7) is 3.40. The Morgan fingerprint density at radius 1 is 0.926 bits per heavy atom. The number of likely N-dealkylation sites (N-methyl/N-ethyl adjacent to an activating group) is 1. The Labute approximate surface area is 160 Å². The first-order chi connectivity index (χ1) is 13.0. The third-order valence-corrected chi connectivity index (χ3v) is 7.11. The van der Waals surface area contributed by atoms with Gasteiger partial charge in [0.1, 0.15) is 0 Å². The maximum atomic E-state index is 13.2. The van der Waals surface area contributed by atoms with Gasteiger partial charge in [-0.15, -0.1) is 0 Å². The number of fused-ring (bicyclic) bond motifs is 1. The zero-order valence-electron chi connectivity index (χ0n) is 15.3. The molecule has 2 heterocycles. The van der Waals surface area contributed by atoms with Gasteiger partial charge in [-0.25, -0.2) is 8.42 Å². The van der Waals surface area contributed by atoms with Crippen LogP contribution in [0.5, 0.6) is 0 Å². The van der Waals surface area contributed by atoms with Crippen LogP contribution in [0, 0.1) is 0 Å². The molecule has 1 fully saturated rings. The number of amides is 1. The Hall–Kier alpha value is -2.38. The molecular weight excluding hydrogens is 362 g/mol. The summed E-state index contributed by atoms with van der Waals surface area (Å²) in [5.74, 6) is -0.109. The lowest BCUT2D eigenvalue weighted by Gasteiger charge is -2.32. The van der Waals surface area contributed by atoms with E-state index in [4.69, 9.17) is 0 Å². The molecule has 0 saturated carbocycles. The van der Waals surface area contributed by atoms with E-state index in [1.54, 1.807) is 23.1 Å². The number of nitrogens with zero attached hydrogens (tertiary/aromatic N) is 3. The third-order valence-electron chi connectivity index (χ3n) is 5.30. The molecule has 0 aromatic heterocycles. The van der Waals surface area contributed by atoms with Crippen molar-refractivity contribution >= 4 is 21.6 Å². The van der Waals surface area contributed by atoms with Crippen LogP contribution in [0.2, 0.25) is 0 Å². The lowest BCUT2D eigenvalue weighted by atomic mass is 10.2. The van der Waals surface area contributed by atoms with E-state index in [-0.39, 0.29) is 10.8 Å². The highest BCUT2D eigenvalue weighted by molar-refractivity contribution is 7.92. The van der Waals surface area contributed by atoms with E-state index in [1.807, 2.05) is 31.3 Å². The number of carbonyl (C=O) groups is 1. The molecule has 4 rings (SSSR count). The first-order valence-corrected chi connectivity index (χ1v) is 10.6. The van der Waals surface area contributed by atoms with Crippen molar-refractivity contribution in [3.8, 4) is 0 Å². The molecule has 2 aromatic carbocycles. The van der Waals surface area contributed by atoms with E-state index in [9.17, 15) is 13.2 Å². The lowest BCUT2D eigenvalue weighted by molar-refractivity contribution is 0.0664. The van der Waals surface area contributed by atoms with Crippen molar-refractivity contribution in [1.29, 1.82) is 0 Å². The van der Waals surface area contributed by atoms with Gasteiger partial charge in [-0.05, 0) is 43.3 Å². The number of anilines is 1. The first kappa shape index (κ1) is 18.0. The molecule has 6 nitrogen and oxygen atoms in total. The summed E-state index contributed by atoms with van der Waals surface area (Å²) in [4.78, 5) is 16.9. The number of hydrogen-bond donors (Lipinski definition) is 0. The fourth-order valence-corrected chi connectivity index (χ4v) is 5.22. The van der Waals surface area contributed by atoms with Crippen LogP contribution in [0.15, 0.2) is 53.4 Å². The minimum Gasteiger partial charge on any atom is -0.336 e. The van der Waals surface area contributed by atoms with Crippen molar-refractivity contribution in [2.24, 2.45) is 0 Å². The van der Waals surface area contributed by atoms with Gasteiger partial charge in [-0.3, -0.25) is 9.10 Å². The van der Waals surface area contributed by atoms with Crippen molar-refractivity contribution in [1.82, 2.24) is 9.80 Å². The molecule has 27 heavy (non-hydrogen) atoms. The molecule has 7 heteroatoms. The molecule has 0 spiro atoms. The van der Waals surface area contributed by atoms with Crippen molar-refractivity contribution in [2.75, 3.05) is 44.1 Å². The quantitative estimate of drug-likeness (QED) is 0.809. The van der Waals surface area contributed by atoms with E-state index >= 15 is 0 Å². The highest BCUT2D eigenvalue weighted by atomic mass is 32.2. The van der Waals surface area contributed by atoms with Crippen LogP contribution < -0.4 is 4.31 Å². The average molecular weight is 385 g/mol. The maximum absolute atomic E-state index is 13.2. The number of carbonyl (C=O) groups excluding carboxylic acids is 1. The van der Waals surface area contributed by atoms with E-state index in [0.717, 1.165) is 24.3 Å². The Morgan fingerprint density at radius 3 is 2.44 bits per heavy atom. The van der Waals surface area contributed by atoms with E-state index in [1.165, 1.54) is 10.4 Å².